The van der Waals surface area contributed by atoms with Crippen molar-refractivity contribution in [3.8, 4) is 5.75 Å². The molecule has 0 radical (unpaired) electrons. The molecule has 0 aliphatic carbocycles. The Balaban J connectivity index is 2.33. The number of thioether (sulfide) groups is 1. The van der Waals surface area contributed by atoms with Crippen molar-refractivity contribution in [3.05, 3.63) is 24.3 Å². The molecule has 4 nitrogen and oxygen atoms in total. The zero-order valence-electron chi connectivity index (χ0n) is 10.9. The molecule has 5 heteroatoms. The predicted molar refractivity (Wildman–Crippen MR) is 73.2 cm³/mol. The van der Waals surface area contributed by atoms with Crippen molar-refractivity contribution >= 4 is 17.7 Å². The van der Waals surface area contributed by atoms with Gasteiger partial charge in [-0.15, -0.1) is 11.8 Å². The Bertz CT molecular complexity index is 367. The van der Waals surface area contributed by atoms with Crippen LogP contribution < -0.4 is 10.1 Å². The summed E-state index contributed by atoms with van der Waals surface area (Å²) in [6.07, 6.45) is 0. The van der Waals surface area contributed by atoms with E-state index in [0.29, 0.717) is 12.4 Å². The lowest BCUT2D eigenvalue weighted by Gasteiger charge is -2.12. The van der Waals surface area contributed by atoms with Gasteiger partial charge in [0.05, 0.1) is 19.5 Å². The second kappa shape index (κ2) is 8.00. The lowest BCUT2D eigenvalue weighted by molar-refractivity contribution is -0.119. The molecule has 100 valence electrons. The minimum atomic E-state index is 0.0142. The zero-order valence-corrected chi connectivity index (χ0v) is 11.8. The molecule has 1 aromatic rings. The zero-order chi connectivity index (χ0) is 13.4. The Hall–Kier alpha value is -1.20. The number of hydrogen-bond acceptors (Lipinski definition) is 4. The third-order valence-corrected chi connectivity index (χ3v) is 3.27. The van der Waals surface area contributed by atoms with Crippen molar-refractivity contribution < 1.29 is 14.3 Å². The van der Waals surface area contributed by atoms with Crippen molar-refractivity contribution in [2.45, 2.75) is 17.9 Å². The summed E-state index contributed by atoms with van der Waals surface area (Å²) in [5.74, 6) is 1.23. The standard InChI is InChI=1S/C13H19NO3S/c1-10(8-16-2)14-13(15)9-18-12-6-4-11(17-3)5-7-12/h4-7,10H,8-9H2,1-3H3,(H,14,15)/t10-/m1/s1. The molecular formula is C13H19NO3S. The molecule has 1 rings (SSSR count). The van der Waals surface area contributed by atoms with Gasteiger partial charge in [0.25, 0.3) is 0 Å². The van der Waals surface area contributed by atoms with Gasteiger partial charge in [-0.1, -0.05) is 0 Å². The number of benzene rings is 1. The van der Waals surface area contributed by atoms with Gasteiger partial charge in [0.15, 0.2) is 0 Å². The van der Waals surface area contributed by atoms with Crippen molar-refractivity contribution in [3.63, 3.8) is 0 Å². The van der Waals surface area contributed by atoms with Crippen LogP contribution in [0.1, 0.15) is 6.92 Å². The van der Waals surface area contributed by atoms with Crippen LogP contribution in [-0.2, 0) is 9.53 Å². The fourth-order valence-corrected chi connectivity index (χ4v) is 2.14. The molecule has 0 unspecified atom stereocenters. The van der Waals surface area contributed by atoms with Gasteiger partial charge in [-0.3, -0.25) is 4.79 Å². The summed E-state index contributed by atoms with van der Waals surface area (Å²) in [4.78, 5) is 12.7. The number of hydrogen-bond donors (Lipinski definition) is 1. The van der Waals surface area contributed by atoms with Gasteiger partial charge < -0.3 is 14.8 Å². The largest absolute Gasteiger partial charge is 0.497 e. The van der Waals surface area contributed by atoms with E-state index in [0.717, 1.165) is 10.6 Å². The minimum absolute atomic E-state index is 0.0142. The van der Waals surface area contributed by atoms with Gasteiger partial charge in [-0.2, -0.15) is 0 Å². The maximum atomic E-state index is 11.6. The van der Waals surface area contributed by atoms with Gasteiger partial charge in [-0.25, -0.2) is 0 Å². The molecule has 1 atom stereocenters. The summed E-state index contributed by atoms with van der Waals surface area (Å²) in [5, 5.41) is 2.86. The van der Waals surface area contributed by atoms with Crippen LogP contribution in [0.4, 0.5) is 0 Å². The first kappa shape index (κ1) is 14.9. The average Bonchev–Trinajstić information content (AvgIpc) is 2.37. The Morgan fingerprint density at radius 1 is 1.33 bits per heavy atom. The topological polar surface area (TPSA) is 47.6 Å². The number of carbonyl (C=O) groups is 1. The van der Waals surface area contributed by atoms with Crippen LogP contribution in [0.3, 0.4) is 0 Å². The molecule has 0 saturated carbocycles. The summed E-state index contributed by atoms with van der Waals surface area (Å²) in [7, 11) is 3.25. The van der Waals surface area contributed by atoms with Gasteiger partial charge in [-0.05, 0) is 31.2 Å². The fraction of sp³-hybridized carbons (Fsp3) is 0.462. The molecular weight excluding hydrogens is 250 g/mol. The highest BCUT2D eigenvalue weighted by molar-refractivity contribution is 8.00. The molecule has 0 aromatic heterocycles. The molecule has 0 heterocycles. The van der Waals surface area contributed by atoms with Crippen molar-refractivity contribution in [1.29, 1.82) is 0 Å². The smallest absolute Gasteiger partial charge is 0.230 e. The summed E-state index contributed by atoms with van der Waals surface area (Å²) in [6, 6.07) is 7.69. The van der Waals surface area contributed by atoms with E-state index in [4.69, 9.17) is 9.47 Å². The van der Waals surface area contributed by atoms with Crippen LogP contribution in [0.15, 0.2) is 29.2 Å². The molecule has 0 saturated heterocycles. The first-order valence-corrected chi connectivity index (χ1v) is 6.69. The van der Waals surface area contributed by atoms with Crippen LogP contribution in [0.2, 0.25) is 0 Å². The third-order valence-electron chi connectivity index (χ3n) is 2.25. The molecule has 0 bridgehead atoms. The number of rotatable bonds is 7. The van der Waals surface area contributed by atoms with Crippen LogP contribution in [0.5, 0.6) is 5.75 Å². The molecule has 1 aromatic carbocycles. The number of carbonyl (C=O) groups excluding carboxylic acids is 1. The monoisotopic (exact) mass is 269 g/mol. The van der Waals surface area contributed by atoms with Gasteiger partial charge in [0.1, 0.15) is 5.75 Å². The van der Waals surface area contributed by atoms with Gasteiger partial charge >= 0.3 is 0 Å². The number of ether oxygens (including phenoxy) is 2. The molecule has 1 amide bonds. The normalized spacial score (nSPS) is 11.9. The summed E-state index contributed by atoms with van der Waals surface area (Å²) >= 11 is 1.50. The second-order valence-corrected chi connectivity index (χ2v) is 4.94. The van der Waals surface area contributed by atoms with Gasteiger partial charge in [0, 0.05) is 18.0 Å². The Morgan fingerprint density at radius 2 is 2.00 bits per heavy atom. The fourth-order valence-electron chi connectivity index (χ4n) is 1.43. The van der Waals surface area contributed by atoms with E-state index < -0.39 is 0 Å². The Morgan fingerprint density at radius 3 is 2.56 bits per heavy atom. The quantitative estimate of drug-likeness (QED) is 0.769. The van der Waals surface area contributed by atoms with Crippen LogP contribution in [0.25, 0.3) is 0 Å². The van der Waals surface area contributed by atoms with E-state index in [2.05, 4.69) is 5.32 Å². The molecule has 0 spiro atoms. The van der Waals surface area contributed by atoms with E-state index in [9.17, 15) is 4.79 Å². The van der Waals surface area contributed by atoms with E-state index in [1.807, 2.05) is 31.2 Å². The van der Waals surface area contributed by atoms with Gasteiger partial charge in [0.2, 0.25) is 5.91 Å². The summed E-state index contributed by atoms with van der Waals surface area (Å²) in [6.45, 7) is 2.44. The van der Waals surface area contributed by atoms with E-state index >= 15 is 0 Å². The maximum Gasteiger partial charge on any atom is 0.230 e. The molecule has 18 heavy (non-hydrogen) atoms. The maximum absolute atomic E-state index is 11.6. The van der Waals surface area contributed by atoms with Crippen molar-refractivity contribution in [2.24, 2.45) is 0 Å². The van der Waals surface area contributed by atoms with Crippen LogP contribution in [0, 0.1) is 0 Å². The number of amides is 1. The van der Waals surface area contributed by atoms with E-state index in [1.165, 1.54) is 11.8 Å². The SMILES string of the molecule is COC[C@@H](C)NC(=O)CSc1ccc(OC)cc1. The van der Waals surface area contributed by atoms with Crippen molar-refractivity contribution in [2.75, 3.05) is 26.6 Å². The van der Waals surface area contributed by atoms with Crippen LogP contribution in [-0.4, -0.2) is 38.5 Å². The summed E-state index contributed by atoms with van der Waals surface area (Å²) in [5.41, 5.74) is 0. The molecule has 0 fully saturated rings. The van der Waals surface area contributed by atoms with Crippen molar-refractivity contribution in [1.82, 2.24) is 5.32 Å². The molecule has 1 N–H and O–H groups in total. The predicted octanol–water partition coefficient (Wildman–Crippen LogP) is 1.94. The lowest BCUT2D eigenvalue weighted by atomic mass is 10.3. The van der Waals surface area contributed by atoms with Crippen LogP contribution >= 0.6 is 11.8 Å². The minimum Gasteiger partial charge on any atom is -0.497 e. The molecule has 0 aliphatic heterocycles. The third kappa shape index (κ3) is 5.42. The highest BCUT2D eigenvalue weighted by atomic mass is 32.2. The lowest BCUT2D eigenvalue weighted by Crippen LogP contribution is -2.36. The highest BCUT2D eigenvalue weighted by Gasteiger charge is 2.07. The number of methoxy groups -OCH3 is 2. The van der Waals surface area contributed by atoms with E-state index in [-0.39, 0.29) is 11.9 Å². The average molecular weight is 269 g/mol. The Labute approximate surface area is 112 Å². The second-order valence-electron chi connectivity index (χ2n) is 3.89. The highest BCUT2D eigenvalue weighted by Crippen LogP contribution is 2.20. The summed E-state index contributed by atoms with van der Waals surface area (Å²) < 4.78 is 10.0. The Kier molecular flexibility index (Phi) is 6.60. The first-order valence-electron chi connectivity index (χ1n) is 5.71. The first-order chi connectivity index (χ1) is 8.65. The molecule has 0 aliphatic rings. The number of nitrogens with one attached hydrogen (secondary N) is 1. The van der Waals surface area contributed by atoms with E-state index in [1.54, 1.807) is 14.2 Å².